The summed E-state index contributed by atoms with van der Waals surface area (Å²) in [5, 5.41) is 5.26. The first-order chi connectivity index (χ1) is 15.9. The van der Waals surface area contributed by atoms with Crippen LogP contribution >= 0.6 is 11.3 Å². The number of benzene rings is 1. The summed E-state index contributed by atoms with van der Waals surface area (Å²) in [5.41, 5.74) is 1.66. The number of aromatic nitrogens is 1. The van der Waals surface area contributed by atoms with Gasteiger partial charge in [0.1, 0.15) is 5.69 Å². The van der Waals surface area contributed by atoms with Crippen LogP contribution < -0.4 is 10.2 Å². The highest BCUT2D eigenvalue weighted by Gasteiger charge is 2.28. The van der Waals surface area contributed by atoms with Crippen molar-refractivity contribution in [1.82, 2.24) is 9.88 Å². The molecule has 2 amide bonds. The van der Waals surface area contributed by atoms with Crippen LogP contribution in [0.1, 0.15) is 52.6 Å². The standard InChI is InChI=1S/C23H28N4O5S/c1-14-4-7-20(28)27(14)11-15-5-6-18(17(10-15)22(30)32-3)24-21(29)19-13-33-23(25-19)26-9-8-16(12-26)31-2/h5-6,10,13-14,16H,4,7-9,11-12H2,1-3H3,(H,24,29)/t14?,16-/m0/s1. The number of ether oxygens (including phenoxy) is 2. The molecular weight excluding hydrogens is 444 g/mol. The Hall–Kier alpha value is -2.98. The van der Waals surface area contributed by atoms with Crippen molar-refractivity contribution in [2.45, 2.75) is 44.9 Å². The van der Waals surface area contributed by atoms with Crippen molar-refractivity contribution in [3.05, 3.63) is 40.4 Å². The largest absolute Gasteiger partial charge is 0.465 e. The van der Waals surface area contributed by atoms with Gasteiger partial charge < -0.3 is 24.6 Å². The molecule has 1 aromatic carbocycles. The van der Waals surface area contributed by atoms with Crippen LogP contribution in [-0.2, 0) is 20.8 Å². The molecule has 1 unspecified atom stereocenters. The van der Waals surface area contributed by atoms with Crippen molar-refractivity contribution in [2.75, 3.05) is 37.5 Å². The van der Waals surface area contributed by atoms with Gasteiger partial charge in [-0.1, -0.05) is 6.07 Å². The van der Waals surface area contributed by atoms with Crippen molar-refractivity contribution < 1.29 is 23.9 Å². The zero-order valence-corrected chi connectivity index (χ0v) is 19.8. The number of likely N-dealkylation sites (tertiary alicyclic amines) is 1. The number of esters is 1. The van der Waals surface area contributed by atoms with E-state index in [-0.39, 0.29) is 29.3 Å². The summed E-state index contributed by atoms with van der Waals surface area (Å²) in [4.78, 5) is 45.8. The summed E-state index contributed by atoms with van der Waals surface area (Å²) in [5.74, 6) is -0.857. The van der Waals surface area contributed by atoms with Gasteiger partial charge in [0, 0.05) is 44.6 Å². The molecular formula is C23H28N4O5S. The van der Waals surface area contributed by atoms with E-state index < -0.39 is 11.9 Å². The minimum atomic E-state index is -0.561. The highest BCUT2D eigenvalue weighted by Crippen LogP contribution is 2.27. The number of thiazole rings is 1. The number of hydrogen-bond acceptors (Lipinski definition) is 8. The lowest BCUT2D eigenvalue weighted by Crippen LogP contribution is -2.30. The fraction of sp³-hybridized carbons (Fsp3) is 0.478. The Balaban J connectivity index is 1.49. The molecule has 0 bridgehead atoms. The van der Waals surface area contributed by atoms with E-state index in [0.29, 0.717) is 18.7 Å². The summed E-state index contributed by atoms with van der Waals surface area (Å²) < 4.78 is 10.3. The lowest BCUT2D eigenvalue weighted by atomic mass is 10.1. The molecule has 2 aliphatic rings. The minimum absolute atomic E-state index is 0.105. The van der Waals surface area contributed by atoms with Gasteiger partial charge >= 0.3 is 5.97 Å². The van der Waals surface area contributed by atoms with E-state index in [4.69, 9.17) is 9.47 Å². The second-order valence-electron chi connectivity index (χ2n) is 8.34. The van der Waals surface area contributed by atoms with Crippen molar-refractivity contribution in [3.63, 3.8) is 0 Å². The van der Waals surface area contributed by atoms with E-state index in [1.165, 1.54) is 18.4 Å². The molecule has 0 spiro atoms. The van der Waals surface area contributed by atoms with Crippen molar-refractivity contribution in [1.29, 1.82) is 0 Å². The molecule has 176 valence electrons. The third-order valence-electron chi connectivity index (χ3n) is 6.19. The smallest absolute Gasteiger partial charge is 0.339 e. The Morgan fingerprint density at radius 1 is 1.27 bits per heavy atom. The molecule has 1 N–H and O–H groups in total. The van der Waals surface area contributed by atoms with Crippen LogP contribution in [-0.4, -0.2) is 67.1 Å². The fourth-order valence-corrected chi connectivity index (χ4v) is 5.03. The summed E-state index contributed by atoms with van der Waals surface area (Å²) >= 11 is 1.40. The molecule has 1 aromatic heterocycles. The van der Waals surface area contributed by atoms with Gasteiger partial charge in [0.2, 0.25) is 5.91 Å². The van der Waals surface area contributed by atoms with E-state index in [2.05, 4.69) is 15.2 Å². The molecule has 0 aliphatic carbocycles. The first-order valence-electron chi connectivity index (χ1n) is 10.9. The lowest BCUT2D eigenvalue weighted by molar-refractivity contribution is -0.129. The van der Waals surface area contributed by atoms with Gasteiger partial charge in [-0.15, -0.1) is 11.3 Å². The van der Waals surface area contributed by atoms with E-state index in [0.717, 1.165) is 36.6 Å². The van der Waals surface area contributed by atoms with Crippen LogP contribution in [0.15, 0.2) is 23.6 Å². The number of anilines is 2. The summed E-state index contributed by atoms with van der Waals surface area (Å²) in [7, 11) is 2.99. The maximum atomic E-state index is 12.9. The second kappa shape index (κ2) is 9.88. The predicted octanol–water partition coefficient (Wildman–Crippen LogP) is 2.92. The van der Waals surface area contributed by atoms with E-state index in [1.54, 1.807) is 29.5 Å². The average molecular weight is 473 g/mol. The van der Waals surface area contributed by atoms with Gasteiger partial charge in [0.05, 0.1) is 24.5 Å². The number of amides is 2. The third kappa shape index (κ3) is 5.01. The van der Waals surface area contributed by atoms with Crippen molar-refractivity contribution >= 4 is 39.9 Å². The Morgan fingerprint density at radius 2 is 2.09 bits per heavy atom. The average Bonchev–Trinajstić information content (AvgIpc) is 3.56. The number of methoxy groups -OCH3 is 2. The van der Waals surface area contributed by atoms with Gasteiger partial charge in [-0.2, -0.15) is 0 Å². The number of nitrogens with one attached hydrogen (secondary N) is 1. The first-order valence-corrected chi connectivity index (χ1v) is 11.8. The zero-order valence-electron chi connectivity index (χ0n) is 19.0. The van der Waals surface area contributed by atoms with Crippen molar-refractivity contribution in [3.8, 4) is 0 Å². The van der Waals surface area contributed by atoms with E-state index in [9.17, 15) is 14.4 Å². The van der Waals surface area contributed by atoms with Crippen LogP contribution in [0.4, 0.5) is 10.8 Å². The van der Waals surface area contributed by atoms with Gasteiger partial charge in [-0.3, -0.25) is 9.59 Å². The van der Waals surface area contributed by atoms with Gasteiger partial charge in [-0.25, -0.2) is 9.78 Å². The molecule has 3 heterocycles. The van der Waals surface area contributed by atoms with Gasteiger partial charge in [-0.05, 0) is 37.5 Å². The summed E-state index contributed by atoms with van der Waals surface area (Å²) in [6, 6.07) is 5.30. The van der Waals surface area contributed by atoms with Crippen LogP contribution in [0.25, 0.3) is 0 Å². The quantitative estimate of drug-likeness (QED) is 0.619. The molecule has 2 fully saturated rings. The maximum absolute atomic E-state index is 12.9. The summed E-state index contributed by atoms with van der Waals surface area (Å²) in [6.07, 6.45) is 2.47. The number of carbonyl (C=O) groups excluding carboxylic acids is 3. The highest BCUT2D eigenvalue weighted by molar-refractivity contribution is 7.14. The number of carbonyl (C=O) groups is 3. The number of rotatable bonds is 7. The monoisotopic (exact) mass is 472 g/mol. The third-order valence-corrected chi connectivity index (χ3v) is 7.09. The molecule has 0 saturated carbocycles. The minimum Gasteiger partial charge on any atom is -0.465 e. The first kappa shape index (κ1) is 23.2. The predicted molar refractivity (Wildman–Crippen MR) is 125 cm³/mol. The number of nitrogens with zero attached hydrogens (tertiary/aromatic N) is 3. The second-order valence-corrected chi connectivity index (χ2v) is 9.18. The van der Waals surface area contributed by atoms with Crippen LogP contribution in [0.3, 0.4) is 0 Å². The van der Waals surface area contributed by atoms with Crippen LogP contribution in [0.5, 0.6) is 0 Å². The molecule has 4 rings (SSSR count). The number of hydrogen-bond donors (Lipinski definition) is 1. The van der Waals surface area contributed by atoms with Gasteiger partial charge in [0.25, 0.3) is 5.91 Å². The Kier molecular flexibility index (Phi) is 6.94. The van der Waals surface area contributed by atoms with Crippen molar-refractivity contribution in [2.24, 2.45) is 0 Å². The van der Waals surface area contributed by atoms with Crippen LogP contribution in [0, 0.1) is 0 Å². The van der Waals surface area contributed by atoms with E-state index >= 15 is 0 Å². The molecule has 33 heavy (non-hydrogen) atoms. The molecule has 2 saturated heterocycles. The molecule has 10 heteroatoms. The Morgan fingerprint density at radius 3 is 2.76 bits per heavy atom. The fourth-order valence-electron chi connectivity index (χ4n) is 4.19. The highest BCUT2D eigenvalue weighted by atomic mass is 32.1. The summed E-state index contributed by atoms with van der Waals surface area (Å²) in [6.45, 7) is 4.00. The normalized spacial score (nSPS) is 20.4. The van der Waals surface area contributed by atoms with E-state index in [1.807, 2.05) is 13.0 Å². The molecule has 0 radical (unpaired) electrons. The molecule has 9 nitrogen and oxygen atoms in total. The SMILES string of the molecule is COC(=O)c1cc(CN2C(=O)CCC2C)ccc1NC(=O)c1csc(N2CC[C@H](OC)C2)n1. The molecule has 2 aliphatic heterocycles. The molecule has 2 atom stereocenters. The lowest BCUT2D eigenvalue weighted by Gasteiger charge is -2.22. The van der Waals surface area contributed by atoms with Gasteiger partial charge in [0.15, 0.2) is 5.13 Å². The zero-order chi connectivity index (χ0) is 23.5. The Bertz CT molecular complexity index is 1060. The topological polar surface area (TPSA) is 101 Å². The molecule has 2 aromatic rings. The van der Waals surface area contributed by atoms with Crippen LogP contribution in [0.2, 0.25) is 0 Å². The maximum Gasteiger partial charge on any atom is 0.339 e. The Labute approximate surface area is 196 Å².